The van der Waals surface area contributed by atoms with Gasteiger partial charge in [-0.1, -0.05) is 6.07 Å². The van der Waals surface area contributed by atoms with Crippen molar-refractivity contribution in [1.29, 1.82) is 0 Å². The van der Waals surface area contributed by atoms with E-state index in [1.807, 2.05) is 0 Å². The van der Waals surface area contributed by atoms with Crippen molar-refractivity contribution < 1.29 is 32.2 Å². The van der Waals surface area contributed by atoms with Crippen LogP contribution in [0.15, 0.2) is 47.4 Å². The number of aryl methyl sites for hydroxylation is 1. The van der Waals surface area contributed by atoms with Crippen molar-refractivity contribution >= 4 is 21.9 Å². The number of benzene rings is 2. The molecule has 2 atom stereocenters. The molecule has 30 heavy (non-hydrogen) atoms. The highest BCUT2D eigenvalue weighted by Crippen LogP contribution is 2.25. The first-order valence-corrected chi connectivity index (χ1v) is 10.6. The number of halogens is 1. The van der Waals surface area contributed by atoms with E-state index in [0.29, 0.717) is 10.1 Å². The fourth-order valence-electron chi connectivity index (χ4n) is 3.26. The van der Waals surface area contributed by atoms with Crippen molar-refractivity contribution in [2.45, 2.75) is 37.4 Å². The van der Waals surface area contributed by atoms with Gasteiger partial charge in [-0.05, 0) is 61.4 Å². The molecule has 1 fully saturated rings. The molecule has 8 nitrogen and oxygen atoms in total. The molecule has 160 valence electrons. The molecular formula is C20H21FN2O6S. The molecule has 1 heterocycles. The zero-order chi connectivity index (χ0) is 22.1. The van der Waals surface area contributed by atoms with E-state index < -0.39 is 40.5 Å². The smallest absolute Gasteiger partial charge is 0.324 e. The summed E-state index contributed by atoms with van der Waals surface area (Å²) >= 11 is 0. The molecule has 0 bridgehead atoms. The number of nitrogens with zero attached hydrogens (tertiary/aromatic N) is 1. The van der Waals surface area contributed by atoms with Gasteiger partial charge in [-0.2, -0.15) is 4.31 Å². The number of carboxylic acid groups (broad SMARTS) is 1. The summed E-state index contributed by atoms with van der Waals surface area (Å²) in [5.74, 6) is -1.87. The summed E-state index contributed by atoms with van der Waals surface area (Å²) in [5.41, 5.74) is 1.51. The number of nitrogens with one attached hydrogen (secondary N) is 1. The number of hydrogen-bond acceptors (Lipinski definition) is 5. The van der Waals surface area contributed by atoms with E-state index in [2.05, 4.69) is 5.32 Å². The van der Waals surface area contributed by atoms with Crippen LogP contribution >= 0.6 is 0 Å². The number of amides is 1. The van der Waals surface area contributed by atoms with E-state index in [1.54, 1.807) is 13.0 Å². The number of carboxylic acids is 1. The van der Waals surface area contributed by atoms with Gasteiger partial charge in [0.05, 0.1) is 17.5 Å². The average Bonchev–Trinajstić information content (AvgIpc) is 2.66. The summed E-state index contributed by atoms with van der Waals surface area (Å²) in [5, 5.41) is 11.9. The Morgan fingerprint density at radius 1 is 1.27 bits per heavy atom. The van der Waals surface area contributed by atoms with Crippen molar-refractivity contribution in [2.24, 2.45) is 0 Å². The van der Waals surface area contributed by atoms with Gasteiger partial charge < -0.3 is 15.2 Å². The van der Waals surface area contributed by atoms with E-state index in [4.69, 9.17) is 4.74 Å². The molecular weight excluding hydrogens is 415 g/mol. The second kappa shape index (κ2) is 8.41. The van der Waals surface area contributed by atoms with Crippen LogP contribution in [0.2, 0.25) is 0 Å². The number of hydrogen-bond donors (Lipinski definition) is 2. The first kappa shape index (κ1) is 21.7. The van der Waals surface area contributed by atoms with Crippen LogP contribution in [0.25, 0.3) is 0 Å². The van der Waals surface area contributed by atoms with Gasteiger partial charge in [0.15, 0.2) is 0 Å². The Morgan fingerprint density at radius 2 is 1.93 bits per heavy atom. The van der Waals surface area contributed by atoms with Crippen LogP contribution < -0.4 is 10.1 Å². The van der Waals surface area contributed by atoms with Crippen LogP contribution in [0.4, 0.5) is 4.39 Å². The summed E-state index contributed by atoms with van der Waals surface area (Å²) < 4.78 is 45.4. The molecule has 0 radical (unpaired) electrons. The van der Waals surface area contributed by atoms with Crippen LogP contribution in [0.3, 0.4) is 0 Å². The van der Waals surface area contributed by atoms with Crippen molar-refractivity contribution in [1.82, 2.24) is 9.62 Å². The van der Waals surface area contributed by atoms with Gasteiger partial charge in [0.25, 0.3) is 0 Å². The fourth-order valence-corrected chi connectivity index (χ4v) is 4.87. The monoisotopic (exact) mass is 436 g/mol. The normalized spacial score (nSPS) is 19.9. The molecule has 0 saturated carbocycles. The van der Waals surface area contributed by atoms with E-state index in [9.17, 15) is 27.5 Å². The molecule has 2 aromatic carbocycles. The number of rotatable bonds is 6. The minimum atomic E-state index is -4.22. The highest BCUT2D eigenvalue weighted by atomic mass is 32.2. The second-order valence-electron chi connectivity index (χ2n) is 7.02. The lowest BCUT2D eigenvalue weighted by molar-refractivity contribution is -0.144. The molecule has 1 amide bonds. The van der Waals surface area contributed by atoms with Gasteiger partial charge in [0.1, 0.15) is 24.2 Å². The van der Waals surface area contributed by atoms with Gasteiger partial charge >= 0.3 is 5.97 Å². The summed E-state index contributed by atoms with van der Waals surface area (Å²) in [6, 6.07) is 7.50. The SMILES string of the molecule is Cc1cc(F)ccc1COc1ccc(S(=O)(=O)N2CC(=O)NC(C)C2C(=O)O)cc1. The van der Waals surface area contributed by atoms with Gasteiger partial charge in [0, 0.05) is 0 Å². The summed E-state index contributed by atoms with van der Waals surface area (Å²) in [7, 11) is -4.22. The molecule has 3 rings (SSSR count). The minimum Gasteiger partial charge on any atom is -0.489 e. The lowest BCUT2D eigenvalue weighted by Crippen LogP contribution is -2.63. The number of ether oxygens (including phenoxy) is 1. The number of sulfonamides is 1. The van der Waals surface area contributed by atoms with Gasteiger partial charge in [-0.3, -0.25) is 9.59 Å². The Morgan fingerprint density at radius 3 is 2.53 bits per heavy atom. The minimum absolute atomic E-state index is 0.152. The largest absolute Gasteiger partial charge is 0.489 e. The molecule has 1 aliphatic rings. The third-order valence-electron chi connectivity index (χ3n) is 4.85. The quantitative estimate of drug-likeness (QED) is 0.712. The lowest BCUT2D eigenvalue weighted by Gasteiger charge is -2.36. The third kappa shape index (κ3) is 4.44. The Labute approximate surface area is 173 Å². The topological polar surface area (TPSA) is 113 Å². The Bertz CT molecular complexity index is 1070. The van der Waals surface area contributed by atoms with Crippen molar-refractivity contribution in [2.75, 3.05) is 6.54 Å². The zero-order valence-corrected chi connectivity index (χ0v) is 17.1. The molecule has 0 spiro atoms. The summed E-state index contributed by atoms with van der Waals surface area (Å²) in [6.07, 6.45) is 0. The maximum atomic E-state index is 13.2. The van der Waals surface area contributed by atoms with Gasteiger partial charge in [0.2, 0.25) is 15.9 Å². The standard InChI is InChI=1S/C20H21FN2O6S/c1-12-9-15(21)4-3-14(12)11-29-16-5-7-17(8-6-16)30(27,28)23-10-18(24)22-13(2)19(23)20(25)26/h3-9,13,19H,10-11H2,1-2H3,(H,22,24)(H,25,26). The maximum absolute atomic E-state index is 13.2. The van der Waals surface area contributed by atoms with Crippen LogP contribution in [0.1, 0.15) is 18.1 Å². The number of aliphatic carboxylic acids is 1. The fraction of sp³-hybridized carbons (Fsp3) is 0.300. The third-order valence-corrected chi connectivity index (χ3v) is 6.70. The molecule has 2 N–H and O–H groups in total. The number of carbonyl (C=O) groups excluding carboxylic acids is 1. The number of carbonyl (C=O) groups is 2. The summed E-state index contributed by atoms with van der Waals surface area (Å²) in [4.78, 5) is 23.2. The van der Waals surface area contributed by atoms with E-state index in [0.717, 1.165) is 11.1 Å². The van der Waals surface area contributed by atoms with Crippen molar-refractivity contribution in [3.8, 4) is 5.75 Å². The van der Waals surface area contributed by atoms with Crippen LogP contribution in [-0.2, 0) is 26.2 Å². The predicted molar refractivity (Wildman–Crippen MR) is 105 cm³/mol. The molecule has 10 heteroatoms. The number of piperazine rings is 1. The molecule has 0 aromatic heterocycles. The highest BCUT2D eigenvalue weighted by molar-refractivity contribution is 7.89. The van der Waals surface area contributed by atoms with Gasteiger partial charge in [-0.15, -0.1) is 0 Å². The molecule has 0 aliphatic carbocycles. The zero-order valence-electron chi connectivity index (χ0n) is 16.3. The predicted octanol–water partition coefficient (Wildman–Crippen LogP) is 1.68. The van der Waals surface area contributed by atoms with E-state index in [-0.39, 0.29) is 17.3 Å². The Balaban J connectivity index is 1.78. The Kier molecular flexibility index (Phi) is 6.09. The van der Waals surface area contributed by atoms with E-state index in [1.165, 1.54) is 43.3 Å². The van der Waals surface area contributed by atoms with Gasteiger partial charge in [-0.25, -0.2) is 12.8 Å². The lowest BCUT2D eigenvalue weighted by atomic mass is 10.1. The molecule has 2 aromatic rings. The van der Waals surface area contributed by atoms with Crippen molar-refractivity contribution in [3.63, 3.8) is 0 Å². The second-order valence-corrected chi connectivity index (χ2v) is 8.91. The molecule has 1 aliphatic heterocycles. The van der Waals surface area contributed by atoms with Crippen molar-refractivity contribution in [3.05, 3.63) is 59.4 Å². The first-order valence-electron chi connectivity index (χ1n) is 9.11. The summed E-state index contributed by atoms with van der Waals surface area (Å²) in [6.45, 7) is 2.79. The van der Waals surface area contributed by atoms with Crippen LogP contribution in [0.5, 0.6) is 5.75 Å². The van der Waals surface area contributed by atoms with Crippen LogP contribution in [-0.4, -0.2) is 48.3 Å². The first-order chi connectivity index (χ1) is 14.1. The Hall–Kier alpha value is -2.98. The average molecular weight is 436 g/mol. The molecule has 2 unspecified atom stereocenters. The highest BCUT2D eigenvalue weighted by Gasteiger charge is 2.44. The molecule has 1 saturated heterocycles. The van der Waals surface area contributed by atoms with E-state index >= 15 is 0 Å². The van der Waals surface area contributed by atoms with Crippen LogP contribution in [0, 0.1) is 12.7 Å². The maximum Gasteiger partial charge on any atom is 0.324 e.